The van der Waals surface area contributed by atoms with Gasteiger partial charge in [0, 0.05) is 53.5 Å². The molecule has 6 aromatic carbocycles. The van der Waals surface area contributed by atoms with Gasteiger partial charge >= 0.3 is 6.85 Å². The van der Waals surface area contributed by atoms with Crippen LogP contribution in [0, 0.1) is 0 Å². The molecule has 7 heterocycles. The Morgan fingerprint density at radius 2 is 1.26 bits per heavy atom. The fraction of sp³-hybridized carbons (Fsp3) is 0. The second kappa shape index (κ2) is 7.39. The minimum atomic E-state index is -0.0213. The summed E-state index contributed by atoms with van der Waals surface area (Å²) in [6, 6.07) is 41.8. The Kier molecular flexibility index (Phi) is 3.65. The highest BCUT2D eigenvalue weighted by atomic mass is 32.1. The van der Waals surface area contributed by atoms with Crippen molar-refractivity contribution in [1.82, 2.24) is 9.05 Å². The predicted octanol–water partition coefficient (Wildman–Crippen LogP) is 9.70. The van der Waals surface area contributed by atoms with Crippen LogP contribution in [0.5, 0.6) is 0 Å². The fourth-order valence-electron chi connectivity index (χ4n) is 9.02. The van der Waals surface area contributed by atoms with Gasteiger partial charge in [-0.3, -0.25) is 0 Å². The molecule has 0 spiro atoms. The van der Waals surface area contributed by atoms with Crippen molar-refractivity contribution in [3.8, 4) is 16.8 Å². The molecule has 4 nitrogen and oxygen atoms in total. The van der Waals surface area contributed by atoms with Crippen LogP contribution in [-0.2, 0) is 0 Å². The van der Waals surface area contributed by atoms with E-state index in [4.69, 9.17) is 8.83 Å². The van der Waals surface area contributed by atoms with Crippen LogP contribution in [0.15, 0.2) is 124 Å². The number of thiophene rings is 1. The lowest BCUT2D eigenvalue weighted by atomic mass is 9.45. The number of furan rings is 2. The molecule has 11 aromatic rings. The van der Waals surface area contributed by atoms with Gasteiger partial charge in [-0.1, -0.05) is 78.9 Å². The molecule has 13 rings (SSSR count). The molecule has 0 saturated heterocycles. The summed E-state index contributed by atoms with van der Waals surface area (Å²) in [5.74, 6) is 0. The van der Waals surface area contributed by atoms with Crippen LogP contribution in [0.25, 0.3) is 103 Å². The Morgan fingerprint density at radius 3 is 2.17 bits per heavy atom. The van der Waals surface area contributed by atoms with E-state index in [1.165, 1.54) is 58.8 Å². The lowest BCUT2D eigenvalue weighted by Crippen LogP contribution is -2.55. The van der Waals surface area contributed by atoms with Gasteiger partial charge in [0.2, 0.25) is 0 Å². The van der Waals surface area contributed by atoms with Gasteiger partial charge in [0.05, 0.1) is 16.0 Å². The van der Waals surface area contributed by atoms with Gasteiger partial charge in [0.25, 0.3) is 0 Å². The summed E-state index contributed by atoms with van der Waals surface area (Å²) >= 11 is 1.91. The van der Waals surface area contributed by atoms with Crippen molar-refractivity contribution < 1.29 is 8.83 Å². The maximum absolute atomic E-state index is 6.90. The van der Waals surface area contributed by atoms with E-state index in [-0.39, 0.29) is 6.85 Å². The number of rotatable bonds is 0. The van der Waals surface area contributed by atoms with Gasteiger partial charge in [-0.15, -0.1) is 11.3 Å². The quantitative estimate of drug-likeness (QED) is 0.162. The van der Waals surface area contributed by atoms with Crippen LogP contribution in [0.3, 0.4) is 0 Å². The summed E-state index contributed by atoms with van der Waals surface area (Å²) in [4.78, 5) is 1.32. The molecule has 0 unspecified atom stereocenters. The Morgan fingerprint density at radius 1 is 0.543 bits per heavy atom. The summed E-state index contributed by atoms with van der Waals surface area (Å²) in [7, 11) is 0. The summed E-state index contributed by atoms with van der Waals surface area (Å²) in [6.45, 7) is -0.0213. The minimum Gasteiger partial charge on any atom is -0.454 e. The van der Waals surface area contributed by atoms with Crippen molar-refractivity contribution in [3.63, 3.8) is 0 Å². The van der Waals surface area contributed by atoms with E-state index in [0.717, 1.165) is 55.1 Å². The normalized spacial score (nSPS) is 13.6. The van der Waals surface area contributed by atoms with Gasteiger partial charge in [-0.25, -0.2) is 0 Å². The average Bonchev–Trinajstić information content (AvgIpc) is 3.89. The predicted molar refractivity (Wildman–Crippen MR) is 192 cm³/mol. The zero-order valence-electron chi connectivity index (χ0n) is 24.2. The molecular weight excluding hydrogens is 583 g/mol. The van der Waals surface area contributed by atoms with Crippen molar-refractivity contribution in [2.75, 3.05) is 0 Å². The third-order valence-corrected chi connectivity index (χ3v) is 11.9. The molecule has 0 amide bonds. The van der Waals surface area contributed by atoms with E-state index >= 15 is 0 Å². The third kappa shape index (κ3) is 2.33. The first-order valence-corrected chi connectivity index (χ1v) is 16.5. The van der Waals surface area contributed by atoms with E-state index in [2.05, 4.69) is 124 Å². The molecule has 46 heavy (non-hydrogen) atoms. The monoisotopic (exact) mass is 602 g/mol. The van der Waals surface area contributed by atoms with Crippen LogP contribution in [-0.4, -0.2) is 15.9 Å². The van der Waals surface area contributed by atoms with E-state index in [9.17, 15) is 0 Å². The maximum Gasteiger partial charge on any atom is 0.333 e. The van der Waals surface area contributed by atoms with E-state index in [1.54, 1.807) is 0 Å². The number of hydrogen-bond acceptors (Lipinski definition) is 3. The average molecular weight is 602 g/mol. The van der Waals surface area contributed by atoms with E-state index in [0.29, 0.717) is 0 Å². The van der Waals surface area contributed by atoms with Gasteiger partial charge in [0.1, 0.15) is 16.7 Å². The SMILES string of the molecule is c1ccc2c(c1)oc1c3c4c(cc12)-c1cccc2c5c6ccccc6sc5n(c12)B4c1cccc2c4oc5ccccc5c4n-3c12. The van der Waals surface area contributed by atoms with Crippen LogP contribution in [0.2, 0.25) is 0 Å². The molecule has 210 valence electrons. The first kappa shape index (κ1) is 22.7. The van der Waals surface area contributed by atoms with Crippen LogP contribution in [0.1, 0.15) is 0 Å². The topological polar surface area (TPSA) is 36.1 Å². The van der Waals surface area contributed by atoms with Gasteiger partial charge < -0.3 is 17.9 Å². The smallest absolute Gasteiger partial charge is 0.333 e. The van der Waals surface area contributed by atoms with Crippen molar-refractivity contribution in [2.45, 2.75) is 0 Å². The Hall–Kier alpha value is -5.72. The van der Waals surface area contributed by atoms with Crippen molar-refractivity contribution in [2.24, 2.45) is 0 Å². The number of fused-ring (bicyclic) bond motifs is 18. The molecule has 0 bridgehead atoms. The standard InChI is InChI=1S/C40H19BN2O2S/c1-4-16-29-20(9-1)27-19-26-21-12-7-13-24-32-23-11-3-6-18-31(23)46-40(32)43(34(21)24)41-28-15-8-14-25-35(28)42(37(33(26)41)39(27)44-29)36-22-10-2-5-17-30(22)45-38(25)36/h1-19H. The van der Waals surface area contributed by atoms with E-state index < -0.39 is 0 Å². The summed E-state index contributed by atoms with van der Waals surface area (Å²) < 4.78 is 20.0. The molecular formula is C40H19BN2O2S. The molecule has 2 aliphatic rings. The molecule has 0 atom stereocenters. The Bertz CT molecular complexity index is 3220. The molecule has 0 fully saturated rings. The summed E-state index contributed by atoms with van der Waals surface area (Å²) in [5.41, 5.74) is 13.6. The van der Waals surface area contributed by atoms with Crippen molar-refractivity contribution in [3.05, 3.63) is 115 Å². The molecule has 0 radical (unpaired) electrons. The largest absolute Gasteiger partial charge is 0.454 e. The lowest BCUT2D eigenvalue weighted by molar-refractivity contribution is 0.666. The van der Waals surface area contributed by atoms with Crippen LogP contribution >= 0.6 is 11.3 Å². The number of aromatic nitrogens is 2. The number of benzene rings is 6. The molecule has 0 aliphatic carbocycles. The lowest BCUT2D eigenvalue weighted by Gasteiger charge is -2.33. The number of para-hydroxylation sites is 4. The van der Waals surface area contributed by atoms with Crippen molar-refractivity contribution in [1.29, 1.82) is 0 Å². The minimum absolute atomic E-state index is 0.0213. The molecule has 6 heteroatoms. The molecule has 0 saturated carbocycles. The fourth-order valence-corrected chi connectivity index (χ4v) is 10.3. The molecule has 5 aromatic heterocycles. The zero-order chi connectivity index (χ0) is 29.4. The number of hydrogen-bond donors (Lipinski definition) is 0. The zero-order valence-corrected chi connectivity index (χ0v) is 25.0. The van der Waals surface area contributed by atoms with Crippen molar-refractivity contribution >= 4 is 115 Å². The van der Waals surface area contributed by atoms with Gasteiger partial charge in [-0.2, -0.15) is 0 Å². The highest BCUT2D eigenvalue weighted by molar-refractivity contribution is 7.26. The molecule has 2 aliphatic heterocycles. The van der Waals surface area contributed by atoms with E-state index in [1.807, 2.05) is 11.3 Å². The summed E-state index contributed by atoms with van der Waals surface area (Å²) in [6.07, 6.45) is 0. The van der Waals surface area contributed by atoms with Gasteiger partial charge in [0.15, 0.2) is 11.2 Å². The third-order valence-electron chi connectivity index (χ3n) is 10.7. The first-order chi connectivity index (χ1) is 22.8. The Balaban J connectivity index is 1.35. The maximum atomic E-state index is 6.90. The van der Waals surface area contributed by atoms with Gasteiger partial charge in [-0.05, 0) is 52.9 Å². The highest BCUT2D eigenvalue weighted by Crippen LogP contribution is 2.50. The highest BCUT2D eigenvalue weighted by Gasteiger charge is 2.44. The van der Waals surface area contributed by atoms with Crippen LogP contribution in [0.4, 0.5) is 0 Å². The second-order valence-electron chi connectivity index (χ2n) is 12.8. The van der Waals surface area contributed by atoms with Crippen LogP contribution < -0.4 is 10.9 Å². The Labute approximate surface area is 264 Å². The second-order valence-corrected chi connectivity index (χ2v) is 13.8. The molecule has 0 N–H and O–H groups in total. The number of nitrogens with zero attached hydrogens (tertiary/aromatic N) is 2. The summed E-state index contributed by atoms with van der Waals surface area (Å²) in [5, 5.41) is 8.55. The first-order valence-electron chi connectivity index (χ1n) is 15.7.